The van der Waals surface area contributed by atoms with Gasteiger partial charge in [0.25, 0.3) is 0 Å². The lowest BCUT2D eigenvalue weighted by molar-refractivity contribution is -0.123. The Morgan fingerprint density at radius 3 is 1.10 bits per heavy atom. The molecule has 2 N–H and O–H groups in total. The summed E-state index contributed by atoms with van der Waals surface area (Å²) in [5, 5.41) is 5.64. The Balaban J connectivity index is 3.41. The number of rotatable bonds is 30. The first kappa shape index (κ1) is 38.9. The van der Waals surface area contributed by atoms with Crippen LogP contribution in [-0.2, 0) is 9.59 Å². The lowest BCUT2D eigenvalue weighted by Crippen LogP contribution is -2.37. The molecule has 0 aliphatic carbocycles. The molecule has 0 fully saturated rings. The first-order valence-corrected chi connectivity index (χ1v) is 17.3. The molecule has 0 rings (SSSR count). The third kappa shape index (κ3) is 34.0. The minimum atomic E-state index is 0.0352. The number of unbranched alkanes of at least 4 members (excludes halogenated alkanes) is 16. The molecule has 0 spiro atoms. The smallest absolute Gasteiger partial charge is 0.221 e. The van der Waals surface area contributed by atoms with Crippen LogP contribution in [0.5, 0.6) is 0 Å². The van der Waals surface area contributed by atoms with Gasteiger partial charge in [-0.25, -0.2) is 0 Å². The summed E-state index contributed by atoms with van der Waals surface area (Å²) >= 11 is 0. The van der Waals surface area contributed by atoms with Crippen LogP contribution in [0.25, 0.3) is 0 Å². The Morgan fingerprint density at radius 2 is 0.732 bits per heavy atom. The highest BCUT2D eigenvalue weighted by Crippen LogP contribution is 2.09. The Morgan fingerprint density at radius 1 is 0.415 bits per heavy atom. The molecule has 0 aliphatic heterocycles. The molecule has 0 atom stereocenters. The zero-order valence-corrected chi connectivity index (χ0v) is 27.1. The van der Waals surface area contributed by atoms with E-state index in [1.54, 1.807) is 0 Å². The molecule has 41 heavy (non-hydrogen) atoms. The van der Waals surface area contributed by atoms with Crippen LogP contribution >= 0.6 is 0 Å². The molecule has 236 valence electrons. The highest BCUT2D eigenvalue weighted by Gasteiger charge is 2.03. The largest absolute Gasteiger partial charge is 0.339 e. The number of allylic oxidation sites excluding steroid dienone is 8. The van der Waals surface area contributed by atoms with E-state index in [0.29, 0.717) is 12.8 Å². The molecule has 0 heterocycles. The minimum Gasteiger partial charge on any atom is -0.339 e. The van der Waals surface area contributed by atoms with Crippen molar-refractivity contribution in [2.45, 2.75) is 168 Å². The zero-order valence-electron chi connectivity index (χ0n) is 27.1. The fourth-order valence-corrected chi connectivity index (χ4v) is 4.61. The molecule has 0 radical (unpaired) electrons. The summed E-state index contributed by atoms with van der Waals surface area (Å²) in [6.45, 7) is 4.73. The van der Waals surface area contributed by atoms with E-state index in [0.717, 1.165) is 51.4 Å². The van der Waals surface area contributed by atoms with Crippen LogP contribution in [0.4, 0.5) is 0 Å². The van der Waals surface area contributed by atoms with Crippen LogP contribution in [0.1, 0.15) is 168 Å². The number of carbonyl (C=O) groups excluding carboxylic acids is 2. The molecule has 2 amide bonds. The first-order chi connectivity index (χ1) is 20.2. The third-order valence-electron chi connectivity index (χ3n) is 7.28. The van der Waals surface area contributed by atoms with Gasteiger partial charge >= 0.3 is 0 Å². The van der Waals surface area contributed by atoms with Crippen molar-refractivity contribution >= 4 is 11.8 Å². The van der Waals surface area contributed by atoms with Crippen molar-refractivity contribution in [1.82, 2.24) is 10.6 Å². The van der Waals surface area contributed by atoms with Gasteiger partial charge in [0.1, 0.15) is 0 Å². The maximum absolute atomic E-state index is 12.0. The molecular formula is C37H66N2O2. The summed E-state index contributed by atoms with van der Waals surface area (Å²) in [5.74, 6) is 0.0704. The van der Waals surface area contributed by atoms with E-state index in [9.17, 15) is 9.59 Å². The maximum atomic E-state index is 12.0. The van der Waals surface area contributed by atoms with Crippen molar-refractivity contribution in [2.24, 2.45) is 0 Å². The second kappa shape index (κ2) is 34.1. The van der Waals surface area contributed by atoms with Crippen molar-refractivity contribution in [3.63, 3.8) is 0 Å². The van der Waals surface area contributed by atoms with Crippen molar-refractivity contribution in [3.05, 3.63) is 48.6 Å². The van der Waals surface area contributed by atoms with E-state index >= 15 is 0 Å². The van der Waals surface area contributed by atoms with Crippen molar-refractivity contribution in [3.8, 4) is 0 Å². The topological polar surface area (TPSA) is 58.2 Å². The molecule has 0 saturated heterocycles. The molecular weight excluding hydrogens is 504 g/mol. The third-order valence-corrected chi connectivity index (χ3v) is 7.28. The van der Waals surface area contributed by atoms with Crippen molar-refractivity contribution < 1.29 is 9.59 Å². The minimum absolute atomic E-state index is 0.0352. The normalized spacial score (nSPS) is 12.0. The quantitative estimate of drug-likeness (QED) is 0.0512. The maximum Gasteiger partial charge on any atom is 0.221 e. The van der Waals surface area contributed by atoms with Crippen LogP contribution in [0.3, 0.4) is 0 Å². The van der Waals surface area contributed by atoms with Crippen LogP contribution in [0.2, 0.25) is 0 Å². The van der Waals surface area contributed by atoms with E-state index in [2.05, 4.69) is 73.1 Å². The van der Waals surface area contributed by atoms with Crippen LogP contribution < -0.4 is 10.6 Å². The Hall–Kier alpha value is -2.10. The number of hydrogen-bond acceptors (Lipinski definition) is 2. The summed E-state index contributed by atoms with van der Waals surface area (Å²) in [5.41, 5.74) is 0. The monoisotopic (exact) mass is 571 g/mol. The van der Waals surface area contributed by atoms with E-state index < -0.39 is 0 Å². The number of amides is 2. The van der Waals surface area contributed by atoms with Gasteiger partial charge < -0.3 is 10.6 Å². The van der Waals surface area contributed by atoms with Crippen LogP contribution in [0.15, 0.2) is 48.6 Å². The van der Waals surface area contributed by atoms with Gasteiger partial charge in [-0.2, -0.15) is 0 Å². The summed E-state index contributed by atoms with van der Waals surface area (Å²) < 4.78 is 0. The average Bonchev–Trinajstić information content (AvgIpc) is 2.97. The Labute approximate surface area is 255 Å². The fraction of sp³-hybridized carbons (Fsp3) is 0.730. The molecule has 4 heteroatoms. The lowest BCUT2D eigenvalue weighted by atomic mass is 10.1. The first-order valence-electron chi connectivity index (χ1n) is 17.3. The molecule has 0 unspecified atom stereocenters. The van der Waals surface area contributed by atoms with Gasteiger partial charge in [-0.05, 0) is 77.0 Å². The SMILES string of the molecule is CCCCC/C=C\C/C=C\CCCCCCCC(=O)NCNC(=O)CCCCCCC/C=C\C/C=C\CCCCC. The predicted octanol–water partition coefficient (Wildman–Crippen LogP) is 10.8. The average molecular weight is 571 g/mol. The predicted molar refractivity (Wildman–Crippen MR) is 180 cm³/mol. The fourth-order valence-electron chi connectivity index (χ4n) is 4.61. The van der Waals surface area contributed by atoms with E-state index in [1.165, 1.54) is 89.9 Å². The van der Waals surface area contributed by atoms with Crippen LogP contribution in [-0.4, -0.2) is 18.5 Å². The zero-order chi connectivity index (χ0) is 29.9. The van der Waals surface area contributed by atoms with Gasteiger partial charge in [0.2, 0.25) is 11.8 Å². The highest BCUT2D eigenvalue weighted by atomic mass is 16.2. The molecule has 0 aromatic heterocycles. The molecule has 0 aromatic carbocycles. The Bertz CT molecular complexity index is 635. The van der Waals surface area contributed by atoms with Gasteiger partial charge in [0, 0.05) is 12.8 Å². The second-order valence-corrected chi connectivity index (χ2v) is 11.3. The molecule has 0 aromatic rings. The van der Waals surface area contributed by atoms with Crippen molar-refractivity contribution in [2.75, 3.05) is 6.67 Å². The highest BCUT2D eigenvalue weighted by molar-refractivity contribution is 5.78. The number of carbonyl (C=O) groups is 2. The molecule has 0 aliphatic rings. The van der Waals surface area contributed by atoms with Crippen LogP contribution in [0, 0.1) is 0 Å². The second-order valence-electron chi connectivity index (χ2n) is 11.3. The van der Waals surface area contributed by atoms with E-state index in [1.807, 2.05) is 0 Å². The van der Waals surface area contributed by atoms with E-state index in [-0.39, 0.29) is 18.5 Å². The number of hydrogen-bond donors (Lipinski definition) is 2. The van der Waals surface area contributed by atoms with Gasteiger partial charge in [0.15, 0.2) is 0 Å². The van der Waals surface area contributed by atoms with Gasteiger partial charge in [-0.1, -0.05) is 127 Å². The lowest BCUT2D eigenvalue weighted by Gasteiger charge is -2.07. The molecule has 0 bridgehead atoms. The summed E-state index contributed by atoms with van der Waals surface area (Å²) in [6, 6.07) is 0. The summed E-state index contributed by atoms with van der Waals surface area (Å²) in [7, 11) is 0. The molecule has 4 nitrogen and oxygen atoms in total. The number of nitrogens with one attached hydrogen (secondary N) is 2. The molecule has 0 saturated carbocycles. The summed E-state index contributed by atoms with van der Waals surface area (Å²) in [6.07, 6.45) is 45.4. The van der Waals surface area contributed by atoms with Gasteiger partial charge in [0.05, 0.1) is 6.67 Å². The Kier molecular flexibility index (Phi) is 32.4. The van der Waals surface area contributed by atoms with Crippen molar-refractivity contribution in [1.29, 1.82) is 0 Å². The van der Waals surface area contributed by atoms with E-state index in [4.69, 9.17) is 0 Å². The van der Waals surface area contributed by atoms with Gasteiger partial charge in [-0.3, -0.25) is 9.59 Å². The standard InChI is InChI=1S/C37H66N2O2/c1-3-5-7-9-11-13-15-17-19-21-23-25-27-29-31-33-36(40)38-35-39-37(41)34-32-30-28-26-24-22-20-18-16-14-12-10-8-6-4-2/h11-14,17-20H,3-10,15-16,21-35H2,1-2H3,(H,38,40)(H,39,41)/b13-11-,14-12-,19-17-,20-18-. The summed E-state index contributed by atoms with van der Waals surface area (Å²) in [4.78, 5) is 24.0. The van der Waals surface area contributed by atoms with Gasteiger partial charge in [-0.15, -0.1) is 0 Å².